The molecule has 0 aromatic heterocycles. The SMILES string of the molecule is CC(C)(C)[Si](C)(C)O[C@H]1CC(C(=O)OCc2ccccc2)NC1=O. The Bertz CT molecular complexity index is 595. The van der Waals surface area contributed by atoms with Gasteiger partial charge in [0.2, 0.25) is 5.91 Å². The van der Waals surface area contributed by atoms with Gasteiger partial charge in [-0.05, 0) is 23.7 Å². The van der Waals surface area contributed by atoms with E-state index < -0.39 is 26.4 Å². The van der Waals surface area contributed by atoms with Crippen molar-refractivity contribution in [2.75, 3.05) is 0 Å². The average Bonchev–Trinajstić information content (AvgIpc) is 2.85. The fourth-order valence-electron chi connectivity index (χ4n) is 2.26. The molecule has 1 heterocycles. The van der Waals surface area contributed by atoms with Crippen molar-refractivity contribution in [1.29, 1.82) is 0 Å². The van der Waals surface area contributed by atoms with Crippen LogP contribution in [-0.2, 0) is 25.4 Å². The quantitative estimate of drug-likeness (QED) is 0.655. The van der Waals surface area contributed by atoms with Crippen LogP contribution in [0, 0.1) is 0 Å². The average molecular weight is 350 g/mol. The molecule has 0 saturated carbocycles. The summed E-state index contributed by atoms with van der Waals surface area (Å²) in [4.78, 5) is 24.3. The van der Waals surface area contributed by atoms with Crippen molar-refractivity contribution in [1.82, 2.24) is 5.32 Å². The fourth-order valence-corrected chi connectivity index (χ4v) is 3.53. The smallest absolute Gasteiger partial charge is 0.329 e. The molecular formula is C18H27NO4Si. The summed E-state index contributed by atoms with van der Waals surface area (Å²) in [6.45, 7) is 10.8. The molecule has 0 aliphatic carbocycles. The van der Waals surface area contributed by atoms with E-state index in [1.807, 2.05) is 30.3 Å². The zero-order valence-electron chi connectivity index (χ0n) is 15.1. The van der Waals surface area contributed by atoms with E-state index in [4.69, 9.17) is 9.16 Å². The first kappa shape index (κ1) is 18.7. The van der Waals surface area contributed by atoms with Gasteiger partial charge in [0, 0.05) is 6.42 Å². The monoisotopic (exact) mass is 349 g/mol. The number of ether oxygens (including phenoxy) is 1. The Balaban J connectivity index is 1.90. The number of nitrogens with one attached hydrogen (secondary N) is 1. The molecule has 1 aromatic rings. The van der Waals surface area contributed by atoms with Gasteiger partial charge in [-0.1, -0.05) is 51.1 Å². The number of hydrogen-bond acceptors (Lipinski definition) is 4. The van der Waals surface area contributed by atoms with Gasteiger partial charge >= 0.3 is 5.97 Å². The van der Waals surface area contributed by atoms with Crippen molar-refractivity contribution in [3.8, 4) is 0 Å². The van der Waals surface area contributed by atoms with Gasteiger partial charge in [0.15, 0.2) is 8.32 Å². The Kier molecular flexibility index (Phi) is 5.50. The van der Waals surface area contributed by atoms with E-state index >= 15 is 0 Å². The first-order valence-electron chi connectivity index (χ1n) is 8.29. The summed E-state index contributed by atoms with van der Waals surface area (Å²) >= 11 is 0. The zero-order chi connectivity index (χ0) is 18.0. The van der Waals surface area contributed by atoms with Crippen LogP contribution in [0.5, 0.6) is 0 Å². The summed E-state index contributed by atoms with van der Waals surface area (Å²) in [6.07, 6.45) is -0.237. The van der Waals surface area contributed by atoms with E-state index in [-0.39, 0.29) is 17.6 Å². The molecule has 1 saturated heterocycles. The van der Waals surface area contributed by atoms with Crippen molar-refractivity contribution in [3.05, 3.63) is 35.9 Å². The highest BCUT2D eigenvalue weighted by molar-refractivity contribution is 6.74. The first-order valence-corrected chi connectivity index (χ1v) is 11.2. The van der Waals surface area contributed by atoms with E-state index in [0.717, 1.165) is 5.56 Å². The number of carbonyl (C=O) groups is 2. The van der Waals surface area contributed by atoms with Gasteiger partial charge in [0.05, 0.1) is 0 Å². The van der Waals surface area contributed by atoms with Gasteiger partial charge in [0.1, 0.15) is 18.8 Å². The largest absolute Gasteiger partial charge is 0.459 e. The maximum atomic E-state index is 12.2. The normalized spacial score (nSPS) is 21.5. The van der Waals surface area contributed by atoms with Crippen LogP contribution < -0.4 is 5.32 Å². The molecule has 0 bridgehead atoms. The summed E-state index contributed by atoms with van der Waals surface area (Å²) in [5, 5.41) is 2.71. The molecule has 1 fully saturated rings. The molecule has 2 rings (SSSR count). The summed E-state index contributed by atoms with van der Waals surface area (Å²) in [7, 11) is -2.06. The number of benzene rings is 1. The maximum Gasteiger partial charge on any atom is 0.329 e. The maximum absolute atomic E-state index is 12.2. The second-order valence-electron chi connectivity index (χ2n) is 7.76. The van der Waals surface area contributed by atoms with Crippen molar-refractivity contribution >= 4 is 20.2 Å². The van der Waals surface area contributed by atoms with E-state index in [1.54, 1.807) is 0 Å². The molecule has 24 heavy (non-hydrogen) atoms. The van der Waals surface area contributed by atoms with Gasteiger partial charge in [-0.25, -0.2) is 4.79 Å². The van der Waals surface area contributed by atoms with Crippen LogP contribution in [-0.4, -0.2) is 32.3 Å². The molecule has 1 aromatic carbocycles. The molecule has 1 N–H and O–H groups in total. The molecule has 0 radical (unpaired) electrons. The summed E-state index contributed by atoms with van der Waals surface area (Å²) in [5.74, 6) is -0.630. The Labute approximate surface area is 144 Å². The predicted octanol–water partition coefficient (Wildman–Crippen LogP) is 3.01. The lowest BCUT2D eigenvalue weighted by Gasteiger charge is -2.37. The molecule has 132 valence electrons. The second kappa shape index (κ2) is 7.07. The minimum absolute atomic E-state index is 0.0131. The highest BCUT2D eigenvalue weighted by Gasteiger charge is 2.45. The number of esters is 1. The molecule has 2 atom stereocenters. The van der Waals surface area contributed by atoms with Crippen LogP contribution in [0.25, 0.3) is 0 Å². The molecule has 1 unspecified atom stereocenters. The van der Waals surface area contributed by atoms with Crippen molar-refractivity contribution in [3.63, 3.8) is 0 Å². The lowest BCUT2D eigenvalue weighted by Crippen LogP contribution is -2.45. The second-order valence-corrected chi connectivity index (χ2v) is 12.5. The minimum Gasteiger partial charge on any atom is -0.459 e. The van der Waals surface area contributed by atoms with E-state index in [0.29, 0.717) is 6.42 Å². The number of rotatable bonds is 5. The molecule has 1 aliphatic heterocycles. The first-order chi connectivity index (χ1) is 11.1. The van der Waals surface area contributed by atoms with Gasteiger partial charge in [-0.15, -0.1) is 0 Å². The summed E-state index contributed by atoms with van der Waals surface area (Å²) < 4.78 is 11.4. The standard InChI is InChI=1S/C18H27NO4Si/c1-18(2,3)24(4,5)23-15-11-14(19-16(15)20)17(21)22-12-13-9-7-6-8-10-13/h6-10,14-15H,11-12H2,1-5H3,(H,19,20)/t14?,15-/m0/s1. The summed E-state index contributed by atoms with van der Waals surface area (Å²) in [6, 6.07) is 8.85. The molecule has 0 spiro atoms. The van der Waals surface area contributed by atoms with Crippen LogP contribution in [0.3, 0.4) is 0 Å². The molecule has 5 nitrogen and oxygen atoms in total. The van der Waals surface area contributed by atoms with Gasteiger partial charge in [-0.3, -0.25) is 4.79 Å². The molecule has 1 aliphatic rings. The Morgan fingerprint density at radius 1 is 1.25 bits per heavy atom. The van der Waals surface area contributed by atoms with Crippen LogP contribution in [0.4, 0.5) is 0 Å². The van der Waals surface area contributed by atoms with E-state index in [9.17, 15) is 9.59 Å². The van der Waals surface area contributed by atoms with Crippen LogP contribution >= 0.6 is 0 Å². The van der Waals surface area contributed by atoms with Crippen molar-refractivity contribution < 1.29 is 18.8 Å². The third-order valence-corrected chi connectivity index (χ3v) is 9.30. The highest BCUT2D eigenvalue weighted by Crippen LogP contribution is 2.38. The third-order valence-electron chi connectivity index (χ3n) is 4.81. The third kappa shape index (κ3) is 4.45. The van der Waals surface area contributed by atoms with E-state index in [2.05, 4.69) is 39.2 Å². The van der Waals surface area contributed by atoms with Crippen LogP contribution in [0.2, 0.25) is 18.1 Å². The van der Waals surface area contributed by atoms with Gasteiger partial charge in [-0.2, -0.15) is 0 Å². The lowest BCUT2D eigenvalue weighted by atomic mass is 10.2. The Hall–Kier alpha value is -1.66. The number of amides is 1. The number of hydrogen-bond donors (Lipinski definition) is 1. The Morgan fingerprint density at radius 3 is 2.46 bits per heavy atom. The summed E-state index contributed by atoms with van der Waals surface area (Å²) in [5.41, 5.74) is 0.921. The number of carbonyl (C=O) groups excluding carboxylic acids is 2. The van der Waals surface area contributed by atoms with Crippen LogP contribution in [0.15, 0.2) is 30.3 Å². The minimum atomic E-state index is -2.06. The molecule has 6 heteroatoms. The van der Waals surface area contributed by atoms with Crippen molar-refractivity contribution in [2.45, 2.75) is 64.1 Å². The lowest BCUT2D eigenvalue weighted by molar-refractivity contribution is -0.147. The van der Waals surface area contributed by atoms with Gasteiger partial charge in [0.25, 0.3) is 0 Å². The van der Waals surface area contributed by atoms with E-state index in [1.165, 1.54) is 0 Å². The van der Waals surface area contributed by atoms with Crippen molar-refractivity contribution in [2.24, 2.45) is 0 Å². The Morgan fingerprint density at radius 2 is 1.88 bits per heavy atom. The highest BCUT2D eigenvalue weighted by atomic mass is 28.4. The molecule has 1 amide bonds. The fraction of sp³-hybridized carbons (Fsp3) is 0.556. The van der Waals surface area contributed by atoms with Gasteiger partial charge < -0.3 is 14.5 Å². The van der Waals surface area contributed by atoms with Crippen LogP contribution in [0.1, 0.15) is 32.8 Å². The zero-order valence-corrected chi connectivity index (χ0v) is 16.1. The topological polar surface area (TPSA) is 64.6 Å². The molecular weight excluding hydrogens is 322 g/mol. The predicted molar refractivity (Wildman–Crippen MR) is 94.9 cm³/mol.